The van der Waals surface area contributed by atoms with Crippen LogP contribution < -0.4 is 4.90 Å². The van der Waals surface area contributed by atoms with Gasteiger partial charge in [-0.2, -0.15) is 4.31 Å². The molecule has 2 aromatic rings. The molecule has 154 valence electrons. The Hall–Kier alpha value is -1.70. The predicted octanol–water partition coefficient (Wildman–Crippen LogP) is 4.00. The lowest BCUT2D eigenvalue weighted by molar-refractivity contribution is -0.116. The highest BCUT2D eigenvalue weighted by Crippen LogP contribution is 2.37. The first-order valence-electron chi connectivity index (χ1n) is 10.0. The van der Waals surface area contributed by atoms with Crippen LogP contribution in [-0.2, 0) is 27.7 Å². The molecule has 0 spiro atoms. The van der Waals surface area contributed by atoms with Gasteiger partial charge in [0, 0.05) is 36.7 Å². The van der Waals surface area contributed by atoms with E-state index in [1.165, 1.54) is 12.5 Å². The molecule has 4 rings (SSSR count). The molecule has 7 heteroatoms. The Morgan fingerprint density at radius 1 is 1.10 bits per heavy atom. The van der Waals surface area contributed by atoms with E-state index in [1.807, 2.05) is 24.3 Å². The molecule has 0 saturated carbocycles. The normalized spacial score (nSPS) is 18.1. The summed E-state index contributed by atoms with van der Waals surface area (Å²) >= 11 is 3.46. The Morgan fingerprint density at radius 2 is 1.79 bits per heavy atom. The number of fused-ring (bicyclic) bond motifs is 1. The number of carbonyl (C=O) groups is 1. The zero-order valence-electron chi connectivity index (χ0n) is 16.5. The minimum atomic E-state index is -3.61. The molecule has 2 heterocycles. The summed E-state index contributed by atoms with van der Waals surface area (Å²) in [7, 11) is -3.61. The fraction of sp³-hybridized carbons (Fsp3) is 0.409. The molecular formula is C22H25BrN2O3S. The smallest absolute Gasteiger partial charge is 0.244 e. The van der Waals surface area contributed by atoms with Crippen LogP contribution in [0.4, 0.5) is 5.69 Å². The van der Waals surface area contributed by atoms with Crippen molar-refractivity contribution in [2.75, 3.05) is 24.5 Å². The zero-order valence-corrected chi connectivity index (χ0v) is 18.9. The largest absolute Gasteiger partial charge is 0.312 e. The number of anilines is 1. The maximum atomic E-state index is 13.3. The van der Waals surface area contributed by atoms with Crippen LogP contribution in [0, 0.1) is 5.92 Å². The molecule has 5 nitrogen and oxygen atoms in total. The lowest BCUT2D eigenvalue weighted by Crippen LogP contribution is -2.39. The number of hydrogen-bond acceptors (Lipinski definition) is 3. The van der Waals surface area contributed by atoms with Gasteiger partial charge < -0.3 is 4.90 Å². The molecule has 2 aliphatic rings. The van der Waals surface area contributed by atoms with Crippen molar-refractivity contribution in [1.82, 2.24) is 4.31 Å². The molecule has 0 radical (unpaired) electrons. The second kappa shape index (κ2) is 8.20. The monoisotopic (exact) mass is 476 g/mol. The van der Waals surface area contributed by atoms with Gasteiger partial charge in [-0.3, -0.25) is 4.79 Å². The quantitative estimate of drug-likeness (QED) is 0.669. The van der Waals surface area contributed by atoms with Crippen molar-refractivity contribution in [2.45, 2.75) is 37.5 Å². The Kier molecular flexibility index (Phi) is 5.82. The van der Waals surface area contributed by atoms with Crippen LogP contribution in [0.15, 0.2) is 51.8 Å². The highest BCUT2D eigenvalue weighted by molar-refractivity contribution is 9.10. The summed E-state index contributed by atoms with van der Waals surface area (Å²) in [6.07, 6.45) is 3.45. The van der Waals surface area contributed by atoms with E-state index < -0.39 is 10.0 Å². The molecular weight excluding hydrogens is 452 g/mol. The third-order valence-electron chi connectivity index (χ3n) is 5.97. The number of hydrogen-bond donors (Lipinski definition) is 0. The van der Waals surface area contributed by atoms with Gasteiger partial charge in [-0.1, -0.05) is 30.3 Å². The lowest BCUT2D eigenvalue weighted by atomic mass is 9.91. The van der Waals surface area contributed by atoms with Crippen LogP contribution in [0.25, 0.3) is 0 Å². The van der Waals surface area contributed by atoms with Crippen molar-refractivity contribution in [3.05, 3.63) is 58.1 Å². The summed E-state index contributed by atoms with van der Waals surface area (Å²) in [6, 6.07) is 13.9. The van der Waals surface area contributed by atoms with Crippen LogP contribution in [0.3, 0.4) is 0 Å². The van der Waals surface area contributed by atoms with E-state index in [9.17, 15) is 13.2 Å². The first-order chi connectivity index (χ1) is 13.9. The van der Waals surface area contributed by atoms with Crippen molar-refractivity contribution < 1.29 is 13.2 Å². The Morgan fingerprint density at radius 3 is 2.45 bits per heavy atom. The van der Waals surface area contributed by atoms with Crippen LogP contribution >= 0.6 is 15.9 Å². The van der Waals surface area contributed by atoms with E-state index in [2.05, 4.69) is 28.1 Å². The molecule has 1 amide bonds. The molecule has 2 aromatic carbocycles. The average molecular weight is 477 g/mol. The van der Waals surface area contributed by atoms with Crippen LogP contribution in [-0.4, -0.2) is 38.3 Å². The number of piperidine rings is 1. The average Bonchev–Trinajstić information content (AvgIpc) is 3.11. The first kappa shape index (κ1) is 20.6. The van der Waals surface area contributed by atoms with Gasteiger partial charge in [-0.15, -0.1) is 0 Å². The predicted molar refractivity (Wildman–Crippen MR) is 118 cm³/mol. The number of sulfonamides is 1. The summed E-state index contributed by atoms with van der Waals surface area (Å²) < 4.78 is 28.9. The molecule has 0 bridgehead atoms. The molecule has 1 saturated heterocycles. The minimum absolute atomic E-state index is 0.0591. The summed E-state index contributed by atoms with van der Waals surface area (Å²) in [5, 5.41) is 0. The topological polar surface area (TPSA) is 57.7 Å². The molecule has 1 fully saturated rings. The maximum Gasteiger partial charge on any atom is 0.244 e. The third kappa shape index (κ3) is 4.13. The van der Waals surface area contributed by atoms with E-state index in [0.29, 0.717) is 30.0 Å². The molecule has 0 aliphatic carbocycles. The minimum Gasteiger partial charge on any atom is -0.312 e. The molecule has 29 heavy (non-hydrogen) atoms. The van der Waals surface area contributed by atoms with Gasteiger partial charge in [0.05, 0.1) is 4.90 Å². The van der Waals surface area contributed by atoms with Gasteiger partial charge in [0.25, 0.3) is 0 Å². The number of carbonyl (C=O) groups excluding carboxylic acids is 1. The van der Waals surface area contributed by atoms with Gasteiger partial charge >= 0.3 is 0 Å². The standard InChI is InChI=1S/C22H25BrN2O3S/c1-16(26)25-12-9-19-14-20(23)22(15-21(19)25)29(27,28)24-10-7-18(8-11-24)13-17-5-3-2-4-6-17/h2-6,14-15,18H,7-13H2,1H3. The SMILES string of the molecule is CC(=O)N1CCc2cc(Br)c(S(=O)(=O)N3CCC(Cc4ccccc4)CC3)cc21. The molecule has 0 atom stereocenters. The number of amides is 1. The third-order valence-corrected chi connectivity index (χ3v) is 8.82. The summed E-state index contributed by atoms with van der Waals surface area (Å²) in [5.41, 5.74) is 3.03. The Bertz CT molecular complexity index is 1020. The van der Waals surface area contributed by atoms with Gasteiger partial charge in [0.15, 0.2) is 0 Å². The van der Waals surface area contributed by atoms with Gasteiger partial charge in [-0.25, -0.2) is 8.42 Å². The maximum absolute atomic E-state index is 13.3. The van der Waals surface area contributed by atoms with Gasteiger partial charge in [0.1, 0.15) is 0 Å². The number of rotatable bonds is 4. The Labute approximate surface area is 180 Å². The van der Waals surface area contributed by atoms with E-state index >= 15 is 0 Å². The zero-order chi connectivity index (χ0) is 20.6. The number of halogens is 1. The van der Waals surface area contributed by atoms with Crippen molar-refractivity contribution in [2.24, 2.45) is 5.92 Å². The first-order valence-corrected chi connectivity index (χ1v) is 12.2. The Balaban J connectivity index is 1.51. The van der Waals surface area contributed by atoms with E-state index in [1.54, 1.807) is 15.3 Å². The lowest BCUT2D eigenvalue weighted by Gasteiger charge is -2.31. The highest BCUT2D eigenvalue weighted by Gasteiger charge is 2.33. The fourth-order valence-corrected chi connectivity index (χ4v) is 6.89. The van der Waals surface area contributed by atoms with E-state index in [-0.39, 0.29) is 10.8 Å². The van der Waals surface area contributed by atoms with Crippen LogP contribution in [0.2, 0.25) is 0 Å². The summed E-state index contributed by atoms with van der Waals surface area (Å²) in [6.45, 7) is 3.17. The molecule has 2 aliphatic heterocycles. The second-order valence-corrected chi connectivity index (χ2v) is 10.6. The van der Waals surface area contributed by atoms with Gasteiger partial charge in [-0.05, 0) is 70.8 Å². The summed E-state index contributed by atoms with van der Waals surface area (Å²) in [4.78, 5) is 13.8. The van der Waals surface area contributed by atoms with Crippen molar-refractivity contribution in [1.29, 1.82) is 0 Å². The van der Waals surface area contributed by atoms with Crippen LogP contribution in [0.5, 0.6) is 0 Å². The molecule has 0 aromatic heterocycles. The van der Waals surface area contributed by atoms with E-state index in [0.717, 1.165) is 36.9 Å². The van der Waals surface area contributed by atoms with Gasteiger partial charge in [0.2, 0.25) is 15.9 Å². The van der Waals surface area contributed by atoms with Crippen molar-refractivity contribution in [3.63, 3.8) is 0 Å². The number of nitrogens with zero attached hydrogens (tertiary/aromatic N) is 2. The highest BCUT2D eigenvalue weighted by atomic mass is 79.9. The number of benzene rings is 2. The van der Waals surface area contributed by atoms with Crippen molar-refractivity contribution >= 4 is 37.5 Å². The fourth-order valence-electron chi connectivity index (χ4n) is 4.35. The van der Waals surface area contributed by atoms with Crippen molar-refractivity contribution in [3.8, 4) is 0 Å². The second-order valence-electron chi connectivity index (χ2n) is 7.87. The van der Waals surface area contributed by atoms with Crippen LogP contribution in [0.1, 0.15) is 30.9 Å². The van der Waals surface area contributed by atoms with E-state index in [4.69, 9.17) is 0 Å². The molecule has 0 N–H and O–H groups in total. The molecule has 0 unspecified atom stereocenters. The summed E-state index contributed by atoms with van der Waals surface area (Å²) in [5.74, 6) is 0.441.